The zero-order valence-corrected chi connectivity index (χ0v) is 14.5. The molecule has 0 radical (unpaired) electrons. The van der Waals surface area contributed by atoms with Gasteiger partial charge in [-0.15, -0.1) is 0 Å². The molecule has 2 heterocycles. The van der Waals surface area contributed by atoms with Gasteiger partial charge in [0.25, 0.3) is 5.91 Å². The van der Waals surface area contributed by atoms with Crippen molar-refractivity contribution in [2.75, 3.05) is 5.32 Å². The summed E-state index contributed by atoms with van der Waals surface area (Å²) < 4.78 is 17.1. The van der Waals surface area contributed by atoms with Crippen LogP contribution in [0.3, 0.4) is 0 Å². The number of rotatable bonds is 5. The molecule has 0 aliphatic carbocycles. The minimum atomic E-state index is -0.294. The van der Waals surface area contributed by atoms with E-state index in [2.05, 4.69) is 31.4 Å². The minimum Gasteiger partial charge on any atom is -0.304 e. The van der Waals surface area contributed by atoms with E-state index in [0.717, 1.165) is 5.56 Å². The molecular weight excluding hydrogens is 377 g/mol. The zero-order chi connectivity index (χ0) is 17.1. The molecular formula is C16H15BrFN5O. The first-order valence-electron chi connectivity index (χ1n) is 7.37. The summed E-state index contributed by atoms with van der Waals surface area (Å²) in [5.41, 5.74) is 1.24. The summed E-state index contributed by atoms with van der Waals surface area (Å²) in [6.07, 6.45) is 3.31. The van der Waals surface area contributed by atoms with Crippen LogP contribution >= 0.6 is 15.9 Å². The number of aryl methyl sites for hydroxylation is 1. The van der Waals surface area contributed by atoms with E-state index in [0.29, 0.717) is 29.1 Å². The highest BCUT2D eigenvalue weighted by Crippen LogP contribution is 2.17. The summed E-state index contributed by atoms with van der Waals surface area (Å²) in [7, 11) is 0. The third kappa shape index (κ3) is 3.53. The summed E-state index contributed by atoms with van der Waals surface area (Å²) >= 11 is 3.32. The van der Waals surface area contributed by atoms with Gasteiger partial charge < -0.3 is 5.32 Å². The van der Waals surface area contributed by atoms with Crippen LogP contribution in [-0.4, -0.2) is 25.5 Å². The third-order valence-corrected chi connectivity index (χ3v) is 4.01. The molecule has 0 atom stereocenters. The van der Waals surface area contributed by atoms with Gasteiger partial charge in [-0.2, -0.15) is 10.2 Å². The van der Waals surface area contributed by atoms with Crippen molar-refractivity contribution in [2.45, 2.75) is 20.0 Å². The number of nitrogens with one attached hydrogen (secondary N) is 1. The fourth-order valence-electron chi connectivity index (χ4n) is 2.34. The molecule has 0 spiro atoms. The van der Waals surface area contributed by atoms with Crippen LogP contribution in [0.2, 0.25) is 0 Å². The molecule has 1 amide bonds. The second-order valence-corrected chi connectivity index (χ2v) is 5.99. The molecule has 6 nitrogen and oxygen atoms in total. The van der Waals surface area contributed by atoms with E-state index < -0.39 is 0 Å². The predicted molar refractivity (Wildman–Crippen MR) is 91.3 cm³/mol. The molecule has 124 valence electrons. The van der Waals surface area contributed by atoms with Gasteiger partial charge in [-0.25, -0.2) is 4.39 Å². The van der Waals surface area contributed by atoms with Crippen molar-refractivity contribution in [1.82, 2.24) is 19.6 Å². The van der Waals surface area contributed by atoms with Crippen LogP contribution in [0.1, 0.15) is 23.0 Å². The SMILES string of the molecule is CCn1ncc(Br)c1C(=O)Nc1ccn(Cc2cccc(F)c2)n1. The number of carbonyl (C=O) groups excluding carboxylic acids is 1. The number of carbonyl (C=O) groups is 1. The Morgan fingerprint density at radius 1 is 1.38 bits per heavy atom. The van der Waals surface area contributed by atoms with Crippen LogP contribution in [-0.2, 0) is 13.1 Å². The molecule has 8 heteroatoms. The molecule has 0 saturated heterocycles. The lowest BCUT2D eigenvalue weighted by Crippen LogP contribution is -2.18. The average molecular weight is 392 g/mol. The van der Waals surface area contributed by atoms with Crippen molar-refractivity contribution >= 4 is 27.7 Å². The van der Waals surface area contributed by atoms with Crippen LogP contribution in [0, 0.1) is 5.82 Å². The van der Waals surface area contributed by atoms with Gasteiger partial charge in [0.15, 0.2) is 5.82 Å². The summed E-state index contributed by atoms with van der Waals surface area (Å²) in [5, 5.41) is 11.1. The van der Waals surface area contributed by atoms with Gasteiger partial charge in [0.05, 0.1) is 17.2 Å². The van der Waals surface area contributed by atoms with Crippen LogP contribution in [0.5, 0.6) is 0 Å². The molecule has 24 heavy (non-hydrogen) atoms. The zero-order valence-electron chi connectivity index (χ0n) is 12.9. The summed E-state index contributed by atoms with van der Waals surface area (Å²) in [6.45, 7) is 2.91. The number of aromatic nitrogens is 4. The van der Waals surface area contributed by atoms with Gasteiger partial charge in [-0.3, -0.25) is 14.2 Å². The third-order valence-electron chi connectivity index (χ3n) is 3.43. The van der Waals surface area contributed by atoms with Gasteiger partial charge in [-0.1, -0.05) is 12.1 Å². The molecule has 1 N–H and O–H groups in total. The first kappa shape index (κ1) is 16.4. The molecule has 1 aromatic carbocycles. The number of anilines is 1. The van der Waals surface area contributed by atoms with E-state index in [9.17, 15) is 9.18 Å². The molecule has 3 aromatic rings. The van der Waals surface area contributed by atoms with Crippen molar-refractivity contribution in [2.24, 2.45) is 0 Å². The lowest BCUT2D eigenvalue weighted by molar-refractivity contribution is 0.101. The Morgan fingerprint density at radius 3 is 2.96 bits per heavy atom. The smallest absolute Gasteiger partial charge is 0.276 e. The quantitative estimate of drug-likeness (QED) is 0.725. The predicted octanol–water partition coefficient (Wildman–Crippen LogP) is 3.30. The summed E-state index contributed by atoms with van der Waals surface area (Å²) in [6, 6.07) is 8.02. The van der Waals surface area contributed by atoms with Gasteiger partial charge in [0, 0.05) is 18.8 Å². The van der Waals surface area contributed by atoms with Gasteiger partial charge in [0.1, 0.15) is 11.5 Å². The molecule has 3 rings (SSSR count). The number of amides is 1. The fourth-order valence-corrected chi connectivity index (χ4v) is 2.82. The normalized spacial score (nSPS) is 10.8. The van der Waals surface area contributed by atoms with E-state index in [1.807, 2.05) is 13.0 Å². The van der Waals surface area contributed by atoms with E-state index in [1.54, 1.807) is 33.9 Å². The van der Waals surface area contributed by atoms with Crippen LogP contribution < -0.4 is 5.32 Å². The van der Waals surface area contributed by atoms with Crippen molar-refractivity contribution < 1.29 is 9.18 Å². The lowest BCUT2D eigenvalue weighted by atomic mass is 10.2. The second-order valence-electron chi connectivity index (χ2n) is 5.14. The van der Waals surface area contributed by atoms with Crippen molar-refractivity contribution in [3.05, 3.63) is 64.3 Å². The highest BCUT2D eigenvalue weighted by atomic mass is 79.9. The Hall–Kier alpha value is -2.48. The topological polar surface area (TPSA) is 64.7 Å². The fraction of sp³-hybridized carbons (Fsp3) is 0.188. The number of benzene rings is 1. The highest BCUT2D eigenvalue weighted by molar-refractivity contribution is 9.10. The Labute approximate surface area is 146 Å². The molecule has 0 bridgehead atoms. The first-order valence-corrected chi connectivity index (χ1v) is 8.16. The highest BCUT2D eigenvalue weighted by Gasteiger charge is 2.17. The van der Waals surface area contributed by atoms with Gasteiger partial charge >= 0.3 is 0 Å². The number of hydrogen-bond acceptors (Lipinski definition) is 3. The van der Waals surface area contributed by atoms with E-state index in [-0.39, 0.29) is 11.7 Å². The summed E-state index contributed by atoms with van der Waals surface area (Å²) in [4.78, 5) is 12.4. The van der Waals surface area contributed by atoms with Crippen molar-refractivity contribution in [3.8, 4) is 0 Å². The first-order chi connectivity index (χ1) is 11.6. The Balaban J connectivity index is 1.72. The van der Waals surface area contributed by atoms with Crippen LogP contribution in [0.15, 0.2) is 47.2 Å². The molecule has 0 saturated carbocycles. The molecule has 0 aliphatic heterocycles. The largest absolute Gasteiger partial charge is 0.304 e. The number of hydrogen-bond donors (Lipinski definition) is 1. The Bertz CT molecular complexity index is 873. The minimum absolute atomic E-state index is 0.286. The van der Waals surface area contributed by atoms with E-state index in [1.165, 1.54) is 12.1 Å². The Kier molecular flexibility index (Phi) is 4.75. The van der Waals surface area contributed by atoms with Crippen LogP contribution in [0.25, 0.3) is 0 Å². The van der Waals surface area contributed by atoms with E-state index in [4.69, 9.17) is 0 Å². The lowest BCUT2D eigenvalue weighted by Gasteiger charge is -2.05. The maximum Gasteiger partial charge on any atom is 0.276 e. The molecule has 2 aromatic heterocycles. The summed E-state index contributed by atoms with van der Waals surface area (Å²) in [5.74, 6) is -0.157. The van der Waals surface area contributed by atoms with E-state index >= 15 is 0 Å². The monoisotopic (exact) mass is 391 g/mol. The standard InChI is InChI=1S/C16H15BrFN5O/c1-2-23-15(13(17)9-19-23)16(24)20-14-6-7-22(21-14)10-11-4-3-5-12(18)8-11/h3-9H,2,10H2,1H3,(H,20,21,24). The Morgan fingerprint density at radius 2 is 2.21 bits per heavy atom. The molecule has 0 fully saturated rings. The van der Waals surface area contributed by atoms with Gasteiger partial charge in [-0.05, 0) is 40.5 Å². The average Bonchev–Trinajstić information content (AvgIpc) is 3.13. The van der Waals surface area contributed by atoms with Crippen molar-refractivity contribution in [1.29, 1.82) is 0 Å². The number of halogens is 2. The molecule has 0 aliphatic rings. The maximum absolute atomic E-state index is 13.2. The number of nitrogens with zero attached hydrogens (tertiary/aromatic N) is 4. The maximum atomic E-state index is 13.2. The van der Waals surface area contributed by atoms with Gasteiger partial charge in [0.2, 0.25) is 0 Å². The molecule has 0 unspecified atom stereocenters. The second kappa shape index (κ2) is 6.96. The van der Waals surface area contributed by atoms with Crippen LogP contribution in [0.4, 0.5) is 10.2 Å². The van der Waals surface area contributed by atoms with Crippen molar-refractivity contribution in [3.63, 3.8) is 0 Å².